The molecule has 1 aromatic carbocycles. The minimum absolute atomic E-state index is 0.271. The van der Waals surface area contributed by atoms with Crippen LogP contribution in [0, 0.1) is 0 Å². The van der Waals surface area contributed by atoms with Crippen LogP contribution < -0.4 is 11.1 Å². The van der Waals surface area contributed by atoms with Crippen molar-refractivity contribution in [3.63, 3.8) is 0 Å². The minimum atomic E-state index is 0.271. The molecule has 1 heterocycles. The Labute approximate surface area is 126 Å². The average Bonchev–Trinajstić information content (AvgIpc) is 2.90. The first kappa shape index (κ1) is 15.4. The van der Waals surface area contributed by atoms with Gasteiger partial charge in [0.15, 0.2) is 5.96 Å². The third-order valence-electron chi connectivity index (χ3n) is 3.60. The maximum atomic E-state index is 11.4. The first-order valence-electron chi connectivity index (χ1n) is 7.61. The molecule has 0 unspecified atom stereocenters. The van der Waals surface area contributed by atoms with Gasteiger partial charge in [-0.05, 0) is 24.8 Å². The van der Waals surface area contributed by atoms with Crippen LogP contribution in [0.15, 0.2) is 35.3 Å². The van der Waals surface area contributed by atoms with Crippen LogP contribution >= 0.6 is 0 Å². The summed E-state index contributed by atoms with van der Waals surface area (Å²) in [7, 11) is 0. The van der Waals surface area contributed by atoms with E-state index in [0.717, 1.165) is 38.9 Å². The fourth-order valence-electron chi connectivity index (χ4n) is 2.44. The molecular formula is C16H24N4O. The Morgan fingerprint density at radius 3 is 2.86 bits per heavy atom. The van der Waals surface area contributed by atoms with E-state index in [4.69, 9.17) is 5.73 Å². The first-order valence-corrected chi connectivity index (χ1v) is 7.61. The van der Waals surface area contributed by atoms with E-state index >= 15 is 0 Å². The Bertz CT molecular complexity index is 472. The summed E-state index contributed by atoms with van der Waals surface area (Å²) in [5, 5.41) is 3.12. The normalized spacial score (nSPS) is 15.5. The highest BCUT2D eigenvalue weighted by Crippen LogP contribution is 2.09. The molecule has 3 N–H and O–H groups in total. The van der Waals surface area contributed by atoms with Crippen LogP contribution in [0.5, 0.6) is 0 Å². The molecule has 2 rings (SSSR count). The predicted octanol–water partition coefficient (Wildman–Crippen LogP) is 1.15. The molecule has 1 aliphatic rings. The van der Waals surface area contributed by atoms with Crippen LogP contribution in [0.1, 0.15) is 24.8 Å². The summed E-state index contributed by atoms with van der Waals surface area (Å²) in [6.07, 6.45) is 3.49. The molecule has 0 aromatic heterocycles. The number of benzene rings is 1. The molecule has 0 bridgehead atoms. The third kappa shape index (κ3) is 5.45. The van der Waals surface area contributed by atoms with Crippen LogP contribution in [-0.4, -0.2) is 42.9 Å². The number of likely N-dealkylation sites (tertiary alicyclic amines) is 1. The molecular weight excluding hydrogens is 264 g/mol. The number of aliphatic imine (C=N–C) groups is 1. The summed E-state index contributed by atoms with van der Waals surface area (Å²) in [5.41, 5.74) is 7.10. The third-order valence-corrected chi connectivity index (χ3v) is 3.60. The van der Waals surface area contributed by atoms with E-state index in [0.29, 0.717) is 18.9 Å². The summed E-state index contributed by atoms with van der Waals surface area (Å²) in [6, 6.07) is 10.3. The van der Waals surface area contributed by atoms with Crippen LogP contribution in [0.4, 0.5) is 0 Å². The summed E-state index contributed by atoms with van der Waals surface area (Å²) in [5.74, 6) is 0.756. The summed E-state index contributed by atoms with van der Waals surface area (Å²) in [4.78, 5) is 17.6. The van der Waals surface area contributed by atoms with Crippen molar-refractivity contribution in [2.75, 3.05) is 26.2 Å². The summed E-state index contributed by atoms with van der Waals surface area (Å²) in [6.45, 7) is 3.13. The molecule has 5 heteroatoms. The number of hydrogen-bond donors (Lipinski definition) is 2. The fraction of sp³-hybridized carbons (Fsp3) is 0.500. The second kappa shape index (κ2) is 8.29. The van der Waals surface area contributed by atoms with Crippen LogP contribution in [0.3, 0.4) is 0 Å². The molecule has 5 nitrogen and oxygen atoms in total. The zero-order chi connectivity index (χ0) is 14.9. The number of nitrogens with two attached hydrogens (primary N) is 1. The smallest absolute Gasteiger partial charge is 0.222 e. The van der Waals surface area contributed by atoms with Crippen molar-refractivity contribution in [1.29, 1.82) is 0 Å². The van der Waals surface area contributed by atoms with E-state index in [2.05, 4.69) is 22.4 Å². The van der Waals surface area contributed by atoms with E-state index in [-0.39, 0.29) is 5.91 Å². The van der Waals surface area contributed by atoms with E-state index in [1.165, 1.54) is 5.56 Å². The van der Waals surface area contributed by atoms with Crippen LogP contribution in [0.25, 0.3) is 0 Å². The van der Waals surface area contributed by atoms with Gasteiger partial charge in [-0.3, -0.25) is 9.79 Å². The lowest BCUT2D eigenvalue weighted by molar-refractivity contribution is -0.127. The van der Waals surface area contributed by atoms with Crippen molar-refractivity contribution >= 4 is 11.9 Å². The van der Waals surface area contributed by atoms with Gasteiger partial charge in [-0.1, -0.05) is 30.3 Å². The number of nitrogens with one attached hydrogen (secondary N) is 1. The van der Waals surface area contributed by atoms with Gasteiger partial charge in [0.1, 0.15) is 0 Å². The van der Waals surface area contributed by atoms with E-state index in [1.54, 1.807) is 0 Å². The Morgan fingerprint density at radius 1 is 1.33 bits per heavy atom. The molecule has 21 heavy (non-hydrogen) atoms. The van der Waals surface area contributed by atoms with E-state index < -0.39 is 0 Å². The second-order valence-corrected chi connectivity index (χ2v) is 5.27. The molecule has 0 radical (unpaired) electrons. The van der Waals surface area contributed by atoms with E-state index in [9.17, 15) is 4.79 Å². The Balaban J connectivity index is 1.57. The van der Waals surface area contributed by atoms with Gasteiger partial charge in [-0.2, -0.15) is 0 Å². The topological polar surface area (TPSA) is 70.7 Å². The zero-order valence-corrected chi connectivity index (χ0v) is 12.4. The lowest BCUT2D eigenvalue weighted by Gasteiger charge is -2.14. The van der Waals surface area contributed by atoms with Gasteiger partial charge < -0.3 is 16.0 Å². The van der Waals surface area contributed by atoms with Gasteiger partial charge >= 0.3 is 0 Å². The van der Waals surface area contributed by atoms with Crippen molar-refractivity contribution < 1.29 is 4.79 Å². The van der Waals surface area contributed by atoms with Crippen molar-refractivity contribution in [3.05, 3.63) is 35.9 Å². The number of amides is 1. The fourth-order valence-corrected chi connectivity index (χ4v) is 2.44. The lowest BCUT2D eigenvalue weighted by Crippen LogP contribution is -2.33. The molecule has 1 aliphatic heterocycles. The number of guanidine groups is 1. The van der Waals surface area contributed by atoms with Crippen molar-refractivity contribution in [2.24, 2.45) is 10.7 Å². The largest absolute Gasteiger partial charge is 0.370 e. The number of hydrogen-bond acceptors (Lipinski definition) is 2. The molecule has 114 valence electrons. The Morgan fingerprint density at radius 2 is 2.14 bits per heavy atom. The van der Waals surface area contributed by atoms with E-state index in [1.807, 2.05) is 23.1 Å². The monoisotopic (exact) mass is 288 g/mol. The SMILES string of the molecule is NC(=NCCCN1CCCC1=O)NCCc1ccccc1. The summed E-state index contributed by atoms with van der Waals surface area (Å²) < 4.78 is 0. The Kier molecular flexibility index (Phi) is 6.06. The van der Waals surface area contributed by atoms with Crippen molar-refractivity contribution in [2.45, 2.75) is 25.7 Å². The van der Waals surface area contributed by atoms with Crippen LogP contribution in [0.2, 0.25) is 0 Å². The van der Waals surface area contributed by atoms with Gasteiger partial charge in [0.05, 0.1) is 0 Å². The molecule has 0 saturated carbocycles. The molecule has 0 aliphatic carbocycles. The van der Waals surface area contributed by atoms with Gasteiger partial charge in [0.25, 0.3) is 0 Å². The number of rotatable bonds is 7. The lowest BCUT2D eigenvalue weighted by atomic mass is 10.1. The summed E-state index contributed by atoms with van der Waals surface area (Å²) >= 11 is 0. The van der Waals surface area contributed by atoms with Crippen molar-refractivity contribution in [3.8, 4) is 0 Å². The standard InChI is InChI=1S/C16H24N4O/c17-16(19-11-9-14-6-2-1-3-7-14)18-10-5-13-20-12-4-8-15(20)21/h1-3,6-7H,4-5,8-13H2,(H3,17,18,19). The number of carbonyl (C=O) groups is 1. The average molecular weight is 288 g/mol. The van der Waals surface area contributed by atoms with Gasteiger partial charge in [0, 0.05) is 32.6 Å². The van der Waals surface area contributed by atoms with Gasteiger partial charge in [-0.25, -0.2) is 0 Å². The molecule has 1 aromatic rings. The highest BCUT2D eigenvalue weighted by molar-refractivity contribution is 5.78. The highest BCUT2D eigenvalue weighted by Gasteiger charge is 2.18. The maximum Gasteiger partial charge on any atom is 0.222 e. The van der Waals surface area contributed by atoms with Gasteiger partial charge in [0.2, 0.25) is 5.91 Å². The second-order valence-electron chi connectivity index (χ2n) is 5.27. The molecule has 1 saturated heterocycles. The number of carbonyl (C=O) groups excluding carboxylic acids is 1. The number of nitrogens with zero attached hydrogens (tertiary/aromatic N) is 2. The minimum Gasteiger partial charge on any atom is -0.370 e. The molecule has 0 atom stereocenters. The van der Waals surface area contributed by atoms with Gasteiger partial charge in [-0.15, -0.1) is 0 Å². The maximum absolute atomic E-state index is 11.4. The highest BCUT2D eigenvalue weighted by atomic mass is 16.2. The Hall–Kier alpha value is -2.04. The first-order chi connectivity index (χ1) is 10.3. The zero-order valence-electron chi connectivity index (χ0n) is 12.4. The quantitative estimate of drug-likeness (QED) is 0.449. The molecule has 0 spiro atoms. The molecule has 1 amide bonds. The predicted molar refractivity (Wildman–Crippen MR) is 85.1 cm³/mol. The van der Waals surface area contributed by atoms with Crippen molar-refractivity contribution in [1.82, 2.24) is 10.2 Å². The molecule has 1 fully saturated rings. The van der Waals surface area contributed by atoms with Crippen LogP contribution in [-0.2, 0) is 11.2 Å².